The molecular formula is C22H22F2N6O2. The average molecular weight is 440 g/mol. The maximum atomic E-state index is 13.8. The van der Waals surface area contributed by atoms with E-state index >= 15 is 0 Å². The Labute approximate surface area is 183 Å². The van der Waals surface area contributed by atoms with E-state index in [1.807, 2.05) is 0 Å². The number of benzene rings is 2. The number of hydrogen-bond donors (Lipinski definition) is 3. The first kappa shape index (κ1) is 22.6. The molecule has 1 atom stereocenters. The van der Waals surface area contributed by atoms with Crippen molar-refractivity contribution in [2.75, 3.05) is 13.1 Å². The third-order valence-corrected chi connectivity index (χ3v) is 4.92. The standard InChI is InChI=1S/C22H22F2N6O2/c23-14-5-8-17(24)18(10-14)32-16-6-3-13(4-7-16)20(26)19(22(28)31)21(27)29-15-2-1-9-30(11-15)12-25/h3-8,10,15H,1-2,9,11,26H2,(H2,27,29)(H2,28,31). The molecule has 32 heavy (non-hydrogen) atoms. The minimum absolute atomic E-state index is 0.00943. The molecule has 6 N–H and O–H groups in total. The molecule has 0 saturated carbocycles. The number of nitriles is 1. The van der Waals surface area contributed by atoms with Crippen LogP contribution in [-0.4, -0.2) is 35.8 Å². The number of carbonyl (C=O) groups is 1. The van der Waals surface area contributed by atoms with Gasteiger partial charge in [-0.05, 0) is 54.8 Å². The molecule has 1 saturated heterocycles. The van der Waals surface area contributed by atoms with E-state index in [1.165, 1.54) is 24.3 Å². The molecule has 10 heteroatoms. The van der Waals surface area contributed by atoms with Crippen LogP contribution < -0.4 is 21.9 Å². The fourth-order valence-corrected chi connectivity index (χ4v) is 3.34. The summed E-state index contributed by atoms with van der Waals surface area (Å²) >= 11 is 0. The lowest BCUT2D eigenvalue weighted by Gasteiger charge is -2.26. The van der Waals surface area contributed by atoms with Gasteiger partial charge in [0.1, 0.15) is 23.0 Å². The van der Waals surface area contributed by atoms with Gasteiger partial charge in [-0.1, -0.05) is 0 Å². The molecule has 8 nitrogen and oxygen atoms in total. The van der Waals surface area contributed by atoms with Crippen molar-refractivity contribution in [2.45, 2.75) is 18.9 Å². The van der Waals surface area contributed by atoms with Gasteiger partial charge in [0.25, 0.3) is 5.91 Å². The van der Waals surface area contributed by atoms with Gasteiger partial charge in [0.15, 0.2) is 17.8 Å². The number of hydrogen-bond acceptors (Lipinski definition) is 6. The van der Waals surface area contributed by atoms with Gasteiger partial charge in [-0.3, -0.25) is 9.79 Å². The van der Waals surface area contributed by atoms with Gasteiger partial charge in [-0.2, -0.15) is 5.26 Å². The number of primary amides is 1. The van der Waals surface area contributed by atoms with Crippen LogP contribution in [-0.2, 0) is 4.79 Å². The van der Waals surface area contributed by atoms with Crippen molar-refractivity contribution in [2.24, 2.45) is 22.2 Å². The van der Waals surface area contributed by atoms with Gasteiger partial charge in [0.2, 0.25) is 0 Å². The van der Waals surface area contributed by atoms with Crippen LogP contribution in [0.1, 0.15) is 18.4 Å². The molecule has 1 unspecified atom stereocenters. The summed E-state index contributed by atoms with van der Waals surface area (Å²) in [4.78, 5) is 18.0. The monoisotopic (exact) mass is 440 g/mol. The lowest BCUT2D eigenvalue weighted by atomic mass is 10.0. The van der Waals surface area contributed by atoms with E-state index in [-0.39, 0.29) is 34.6 Å². The normalized spacial score (nSPS) is 17.3. The number of carbonyl (C=O) groups excluding carboxylic acids is 1. The van der Waals surface area contributed by atoms with Gasteiger partial charge >= 0.3 is 0 Å². The number of rotatable bonds is 6. The summed E-state index contributed by atoms with van der Waals surface area (Å²) in [6.07, 6.45) is 3.56. The molecule has 1 amide bonds. The summed E-state index contributed by atoms with van der Waals surface area (Å²) in [6, 6.07) is 8.62. The lowest BCUT2D eigenvalue weighted by Crippen LogP contribution is -2.37. The molecule has 0 radical (unpaired) electrons. The van der Waals surface area contributed by atoms with Gasteiger partial charge in [-0.25, -0.2) is 8.78 Å². The number of piperidine rings is 1. The quantitative estimate of drug-likeness (QED) is 0.272. The Bertz CT molecular complexity index is 1110. The average Bonchev–Trinajstić information content (AvgIpc) is 2.76. The zero-order valence-electron chi connectivity index (χ0n) is 17.1. The Balaban J connectivity index is 1.84. The Kier molecular flexibility index (Phi) is 6.90. The molecule has 0 spiro atoms. The topological polar surface area (TPSA) is 144 Å². The second-order valence-corrected chi connectivity index (χ2v) is 7.21. The van der Waals surface area contributed by atoms with Crippen molar-refractivity contribution < 1.29 is 18.3 Å². The maximum absolute atomic E-state index is 13.8. The number of amidine groups is 1. The highest BCUT2D eigenvalue weighted by molar-refractivity contribution is 6.24. The molecular weight excluding hydrogens is 418 g/mol. The van der Waals surface area contributed by atoms with Crippen molar-refractivity contribution in [3.63, 3.8) is 0 Å². The van der Waals surface area contributed by atoms with Crippen LogP contribution in [0, 0.1) is 23.1 Å². The van der Waals surface area contributed by atoms with Gasteiger partial charge in [-0.15, -0.1) is 0 Å². The minimum atomic E-state index is -0.848. The van der Waals surface area contributed by atoms with Gasteiger partial charge in [0, 0.05) is 12.6 Å². The van der Waals surface area contributed by atoms with Gasteiger partial charge < -0.3 is 26.8 Å². The molecule has 0 bridgehead atoms. The van der Waals surface area contributed by atoms with E-state index in [2.05, 4.69) is 11.2 Å². The molecule has 1 heterocycles. The molecule has 166 valence electrons. The second kappa shape index (κ2) is 9.78. The highest BCUT2D eigenvalue weighted by Gasteiger charge is 2.22. The van der Waals surface area contributed by atoms with E-state index in [1.54, 1.807) is 4.90 Å². The van der Waals surface area contributed by atoms with Crippen molar-refractivity contribution in [1.82, 2.24) is 4.90 Å². The maximum Gasteiger partial charge on any atom is 0.254 e. The molecule has 1 aliphatic heterocycles. The Hall–Kier alpha value is -4.13. The van der Waals surface area contributed by atoms with E-state index in [0.29, 0.717) is 25.1 Å². The fourth-order valence-electron chi connectivity index (χ4n) is 3.34. The molecule has 0 aromatic heterocycles. The fraction of sp³-hybridized carbons (Fsp3) is 0.227. The molecule has 2 aromatic carbocycles. The van der Waals surface area contributed by atoms with Crippen molar-refractivity contribution in [3.8, 4) is 17.7 Å². The third-order valence-electron chi connectivity index (χ3n) is 4.92. The Morgan fingerprint density at radius 2 is 1.88 bits per heavy atom. The van der Waals surface area contributed by atoms with Crippen LogP contribution in [0.2, 0.25) is 0 Å². The van der Waals surface area contributed by atoms with Crippen molar-refractivity contribution in [3.05, 3.63) is 65.2 Å². The Morgan fingerprint density at radius 3 is 2.53 bits per heavy atom. The molecule has 1 fully saturated rings. The Morgan fingerprint density at radius 1 is 1.16 bits per heavy atom. The number of nitrogens with zero attached hydrogens (tertiary/aromatic N) is 3. The van der Waals surface area contributed by atoms with Crippen LogP contribution in [0.5, 0.6) is 11.5 Å². The van der Waals surface area contributed by atoms with Crippen LogP contribution in [0.3, 0.4) is 0 Å². The number of amides is 1. The largest absolute Gasteiger partial charge is 0.454 e. The molecule has 2 aromatic rings. The summed E-state index contributed by atoms with van der Waals surface area (Å²) in [5.41, 5.74) is 18.0. The lowest BCUT2D eigenvalue weighted by molar-refractivity contribution is -0.114. The van der Waals surface area contributed by atoms with Crippen molar-refractivity contribution >= 4 is 17.4 Å². The van der Waals surface area contributed by atoms with Crippen LogP contribution in [0.4, 0.5) is 8.78 Å². The number of ether oxygens (including phenoxy) is 1. The van der Waals surface area contributed by atoms with E-state index in [4.69, 9.17) is 27.2 Å². The highest BCUT2D eigenvalue weighted by atomic mass is 19.1. The van der Waals surface area contributed by atoms with E-state index < -0.39 is 17.5 Å². The summed E-state index contributed by atoms with van der Waals surface area (Å²) in [5, 5.41) is 9.06. The summed E-state index contributed by atoms with van der Waals surface area (Å²) in [7, 11) is 0. The molecule has 0 aliphatic carbocycles. The SMILES string of the molecule is N#CN1CCCC(N=C(N)C(C(N)=O)=C(N)c2ccc(Oc3cc(F)ccc3F)cc2)C1. The number of halogens is 2. The molecule has 3 rings (SSSR count). The first-order valence-electron chi connectivity index (χ1n) is 9.79. The predicted molar refractivity (Wildman–Crippen MR) is 115 cm³/mol. The van der Waals surface area contributed by atoms with E-state index in [9.17, 15) is 13.6 Å². The summed E-state index contributed by atoms with van der Waals surface area (Å²) in [5.74, 6) is -2.35. The summed E-state index contributed by atoms with van der Waals surface area (Å²) < 4.78 is 32.4. The van der Waals surface area contributed by atoms with Crippen LogP contribution in [0.15, 0.2) is 53.0 Å². The first-order chi connectivity index (χ1) is 15.3. The summed E-state index contributed by atoms with van der Waals surface area (Å²) in [6.45, 7) is 1.04. The number of nitrogens with two attached hydrogens (primary N) is 3. The number of aliphatic imine (C=N–C) groups is 1. The predicted octanol–water partition coefficient (Wildman–Crippen LogP) is 2.21. The molecule has 1 aliphatic rings. The number of likely N-dealkylation sites (tertiary alicyclic amines) is 1. The highest BCUT2D eigenvalue weighted by Crippen LogP contribution is 2.26. The zero-order chi connectivity index (χ0) is 23.3. The van der Waals surface area contributed by atoms with Crippen molar-refractivity contribution in [1.29, 1.82) is 5.26 Å². The zero-order valence-corrected chi connectivity index (χ0v) is 17.1. The first-order valence-corrected chi connectivity index (χ1v) is 9.79. The third kappa shape index (κ3) is 5.31. The van der Waals surface area contributed by atoms with E-state index in [0.717, 1.165) is 24.6 Å². The van der Waals surface area contributed by atoms with Gasteiger partial charge in [0.05, 0.1) is 18.3 Å². The second-order valence-electron chi connectivity index (χ2n) is 7.21. The van der Waals surface area contributed by atoms with Crippen LogP contribution in [0.25, 0.3) is 5.70 Å². The van der Waals surface area contributed by atoms with Crippen LogP contribution >= 0.6 is 0 Å². The smallest absolute Gasteiger partial charge is 0.254 e. The minimum Gasteiger partial charge on any atom is -0.454 e.